The molecule has 2 unspecified atom stereocenters. The van der Waals surface area contributed by atoms with Gasteiger partial charge in [0.2, 0.25) is 0 Å². The normalized spacial score (nSPS) is 46.7. The van der Waals surface area contributed by atoms with E-state index in [1.54, 1.807) is 21.1 Å². The molecule has 1 aromatic rings. The van der Waals surface area contributed by atoms with Crippen LogP contribution in [0.1, 0.15) is 57.1 Å². The molecule has 6 aliphatic rings. The van der Waals surface area contributed by atoms with E-state index in [9.17, 15) is 4.79 Å². The zero-order valence-electron chi connectivity index (χ0n) is 17.3. The van der Waals surface area contributed by atoms with E-state index >= 15 is 0 Å². The van der Waals surface area contributed by atoms with Crippen molar-refractivity contribution in [3.63, 3.8) is 0 Å². The topological polar surface area (TPSA) is 44.8 Å². The van der Waals surface area contributed by atoms with Gasteiger partial charge in [-0.3, -0.25) is 4.79 Å². The van der Waals surface area contributed by atoms with Gasteiger partial charge in [-0.15, -0.1) is 0 Å². The van der Waals surface area contributed by atoms with Gasteiger partial charge in [0.25, 0.3) is 0 Å². The van der Waals surface area contributed by atoms with Crippen LogP contribution in [0.3, 0.4) is 0 Å². The Balaban J connectivity index is 1.69. The van der Waals surface area contributed by atoms with Gasteiger partial charge in [-0.1, -0.05) is 13.0 Å². The zero-order chi connectivity index (χ0) is 19.5. The molecule has 0 saturated heterocycles. The number of ether oxygens (including phenoxy) is 3. The molecule has 4 fully saturated rings. The predicted octanol–water partition coefficient (Wildman–Crippen LogP) is 4.07. The summed E-state index contributed by atoms with van der Waals surface area (Å²) in [5.74, 6) is 3.27. The van der Waals surface area contributed by atoms with Crippen LogP contribution in [0.25, 0.3) is 0 Å². The minimum absolute atomic E-state index is 0.0259. The molecule has 2 spiro atoms. The first-order valence-corrected chi connectivity index (χ1v) is 10.9. The van der Waals surface area contributed by atoms with E-state index in [0.29, 0.717) is 11.8 Å². The van der Waals surface area contributed by atoms with Gasteiger partial charge in [0.1, 0.15) is 17.5 Å². The summed E-state index contributed by atoms with van der Waals surface area (Å²) in [7, 11) is 3.52. The van der Waals surface area contributed by atoms with Crippen molar-refractivity contribution in [1.29, 1.82) is 0 Å². The number of hydrogen-bond acceptors (Lipinski definition) is 4. The van der Waals surface area contributed by atoms with Gasteiger partial charge < -0.3 is 14.2 Å². The van der Waals surface area contributed by atoms with Gasteiger partial charge in [0.15, 0.2) is 11.5 Å². The van der Waals surface area contributed by atoms with Crippen LogP contribution in [0.5, 0.6) is 11.5 Å². The van der Waals surface area contributed by atoms with Crippen molar-refractivity contribution in [2.24, 2.45) is 23.2 Å². The second-order valence-electron chi connectivity index (χ2n) is 10.1. The number of hydrogen-bond donors (Lipinski definition) is 0. The Morgan fingerprint density at radius 1 is 1.21 bits per heavy atom. The van der Waals surface area contributed by atoms with Crippen LogP contribution in [0, 0.1) is 23.2 Å². The summed E-state index contributed by atoms with van der Waals surface area (Å²) >= 11 is 0. The van der Waals surface area contributed by atoms with Crippen LogP contribution < -0.4 is 9.47 Å². The summed E-state index contributed by atoms with van der Waals surface area (Å²) in [5, 5.41) is 0. The summed E-state index contributed by atoms with van der Waals surface area (Å²) in [6.07, 6.45) is 6.43. The zero-order valence-corrected chi connectivity index (χ0v) is 17.3. The molecule has 4 saturated carbocycles. The van der Waals surface area contributed by atoms with E-state index in [4.69, 9.17) is 14.2 Å². The van der Waals surface area contributed by atoms with Gasteiger partial charge in [-0.05, 0) is 74.3 Å². The second-order valence-corrected chi connectivity index (χ2v) is 10.1. The molecular weight excluding hydrogens is 352 g/mol. The largest absolute Gasteiger partial charge is 0.493 e. The number of methoxy groups -OCH3 is 2. The van der Waals surface area contributed by atoms with Crippen molar-refractivity contribution in [3.05, 3.63) is 23.3 Å². The lowest BCUT2D eigenvalue weighted by Gasteiger charge is -2.73. The van der Waals surface area contributed by atoms with Crippen LogP contribution in [0.4, 0.5) is 0 Å². The number of carbonyl (C=O) groups excluding carboxylic acids is 1. The average molecular weight is 383 g/mol. The smallest absolute Gasteiger partial charge is 0.165 e. The van der Waals surface area contributed by atoms with Crippen LogP contribution in [0.2, 0.25) is 0 Å². The summed E-state index contributed by atoms with van der Waals surface area (Å²) in [6.45, 7) is 4.19. The SMILES string of the molecule is COc1ccc2c3c1O[C@H]1[C@@]4(OC)CCC5(C[C@@H]4C(C)=O)[C@@H](C2)C(C)CC[C@]315. The summed E-state index contributed by atoms with van der Waals surface area (Å²) in [5.41, 5.74) is 2.46. The van der Waals surface area contributed by atoms with E-state index in [2.05, 4.69) is 19.1 Å². The van der Waals surface area contributed by atoms with Crippen LogP contribution in [-0.4, -0.2) is 31.7 Å². The molecule has 0 radical (unpaired) electrons. The van der Waals surface area contributed by atoms with E-state index in [1.807, 2.05) is 0 Å². The van der Waals surface area contributed by atoms with E-state index in [-0.39, 0.29) is 28.6 Å². The Labute approximate surface area is 166 Å². The molecule has 4 heteroatoms. The first-order chi connectivity index (χ1) is 13.4. The molecule has 1 aromatic carbocycles. The highest BCUT2D eigenvalue weighted by molar-refractivity contribution is 5.81. The minimum atomic E-state index is -0.517. The molecule has 1 aliphatic heterocycles. The maximum atomic E-state index is 12.8. The third-order valence-corrected chi connectivity index (χ3v) is 9.71. The Morgan fingerprint density at radius 3 is 2.75 bits per heavy atom. The molecule has 0 aromatic heterocycles. The number of fused-ring (bicyclic) bond motifs is 2. The minimum Gasteiger partial charge on any atom is -0.493 e. The third kappa shape index (κ3) is 1.54. The fraction of sp³-hybridized carbons (Fsp3) is 0.708. The van der Waals surface area contributed by atoms with Gasteiger partial charge in [0.05, 0.1) is 13.0 Å². The van der Waals surface area contributed by atoms with Gasteiger partial charge >= 0.3 is 0 Å². The molecule has 0 N–H and O–H groups in total. The highest BCUT2D eigenvalue weighted by Crippen LogP contribution is 2.79. The fourth-order valence-electron chi connectivity index (χ4n) is 8.71. The highest BCUT2D eigenvalue weighted by atomic mass is 16.6. The van der Waals surface area contributed by atoms with Crippen molar-refractivity contribution >= 4 is 5.78 Å². The van der Waals surface area contributed by atoms with Crippen molar-refractivity contribution < 1.29 is 19.0 Å². The molecule has 4 bridgehead atoms. The molecular formula is C24H30O4. The number of rotatable bonds is 3. The monoisotopic (exact) mass is 382 g/mol. The Bertz CT molecular complexity index is 893. The lowest BCUT2D eigenvalue weighted by atomic mass is 9.31. The molecule has 5 aliphatic carbocycles. The molecule has 150 valence electrons. The van der Waals surface area contributed by atoms with Crippen LogP contribution in [0.15, 0.2) is 12.1 Å². The molecule has 7 atom stereocenters. The average Bonchev–Trinajstić information content (AvgIpc) is 3.07. The van der Waals surface area contributed by atoms with Gasteiger partial charge in [-0.25, -0.2) is 0 Å². The molecule has 7 rings (SSSR count). The lowest BCUT2D eigenvalue weighted by molar-refractivity contribution is -0.272. The van der Waals surface area contributed by atoms with Gasteiger partial charge in [-0.2, -0.15) is 0 Å². The molecule has 4 nitrogen and oxygen atoms in total. The Morgan fingerprint density at radius 2 is 2.04 bits per heavy atom. The molecule has 0 amide bonds. The molecule has 1 heterocycles. The quantitative estimate of drug-likeness (QED) is 0.790. The fourth-order valence-corrected chi connectivity index (χ4v) is 8.71. The summed E-state index contributed by atoms with van der Waals surface area (Å²) < 4.78 is 18.9. The van der Waals surface area contributed by atoms with Crippen LogP contribution in [-0.2, 0) is 21.4 Å². The number of Topliss-reactive ketones (excluding diaryl/α,β-unsaturated/α-hetero) is 1. The number of benzene rings is 1. The highest BCUT2D eigenvalue weighted by Gasteiger charge is 2.80. The van der Waals surface area contributed by atoms with Crippen LogP contribution >= 0.6 is 0 Å². The Hall–Kier alpha value is -1.55. The van der Waals surface area contributed by atoms with Crippen molar-refractivity contribution in [3.8, 4) is 11.5 Å². The number of carbonyl (C=O) groups is 1. The lowest BCUT2D eigenvalue weighted by Crippen LogP contribution is -2.78. The Kier molecular flexibility index (Phi) is 3.17. The maximum Gasteiger partial charge on any atom is 0.165 e. The summed E-state index contributed by atoms with van der Waals surface area (Å²) in [4.78, 5) is 12.8. The first-order valence-electron chi connectivity index (χ1n) is 10.9. The molecule has 28 heavy (non-hydrogen) atoms. The van der Waals surface area contributed by atoms with E-state index in [0.717, 1.165) is 43.6 Å². The maximum absolute atomic E-state index is 12.8. The first kappa shape index (κ1) is 17.3. The standard InChI is InChI=1S/C24H30O4/c1-13-7-8-23-19-15-5-6-18(26-3)20(19)28-21(23)24(27-4)10-9-22(23,16(13)11-15)12-17(24)14(2)25/h5-6,13,16-17,21H,7-12H2,1-4H3/t13?,16-,17+,21+,22?,23-,24+/m0/s1. The van der Waals surface area contributed by atoms with Gasteiger partial charge in [0, 0.05) is 18.1 Å². The van der Waals surface area contributed by atoms with E-state index < -0.39 is 5.60 Å². The van der Waals surface area contributed by atoms with E-state index in [1.165, 1.54) is 17.5 Å². The number of ketones is 1. The van der Waals surface area contributed by atoms with Crippen molar-refractivity contribution in [1.82, 2.24) is 0 Å². The van der Waals surface area contributed by atoms with Crippen molar-refractivity contribution in [2.45, 2.75) is 69.5 Å². The third-order valence-electron chi connectivity index (χ3n) is 9.71. The van der Waals surface area contributed by atoms with Crippen molar-refractivity contribution in [2.75, 3.05) is 14.2 Å². The second kappa shape index (κ2) is 5.13. The predicted molar refractivity (Wildman–Crippen MR) is 105 cm³/mol. The summed E-state index contributed by atoms with van der Waals surface area (Å²) in [6, 6.07) is 4.34.